The molecule has 2 aromatic carbocycles. The van der Waals surface area contributed by atoms with Gasteiger partial charge in [-0.05, 0) is 41.8 Å². The van der Waals surface area contributed by atoms with Gasteiger partial charge in [0.1, 0.15) is 11.9 Å². The standard InChI is InChI=1S/C26H29FN4O4S/c1-20(26(33)29-16-23-9-6-14-28-15-23)31(18-22-10-12-24(27)13-11-22)25(32)19-30(36(2,34)35)17-21-7-4-3-5-8-21/h3-15,20H,16-19H2,1-2H3,(H,29,33)/t20-/m0/s1. The predicted molar refractivity (Wildman–Crippen MR) is 134 cm³/mol. The monoisotopic (exact) mass is 512 g/mol. The second-order valence-electron chi connectivity index (χ2n) is 8.42. The van der Waals surface area contributed by atoms with E-state index < -0.39 is 40.2 Å². The SMILES string of the molecule is C[C@@H](C(=O)NCc1cccnc1)N(Cc1ccc(F)cc1)C(=O)CN(Cc1ccccc1)S(C)(=O)=O. The Morgan fingerprint density at radius 2 is 1.58 bits per heavy atom. The van der Waals surface area contributed by atoms with Crippen molar-refractivity contribution in [1.29, 1.82) is 0 Å². The van der Waals surface area contributed by atoms with E-state index in [1.807, 2.05) is 12.1 Å². The van der Waals surface area contributed by atoms with Crippen LogP contribution < -0.4 is 5.32 Å². The zero-order valence-corrected chi connectivity index (χ0v) is 21.0. The number of carbonyl (C=O) groups is 2. The Bertz CT molecular complexity index is 1260. The van der Waals surface area contributed by atoms with Crippen LogP contribution in [0.3, 0.4) is 0 Å². The average Bonchev–Trinajstić information content (AvgIpc) is 2.86. The fourth-order valence-corrected chi connectivity index (χ4v) is 4.26. The van der Waals surface area contributed by atoms with E-state index in [4.69, 9.17) is 0 Å². The molecule has 8 nitrogen and oxygen atoms in total. The Kier molecular flexibility index (Phi) is 9.26. The van der Waals surface area contributed by atoms with Gasteiger partial charge in [0.15, 0.2) is 0 Å². The van der Waals surface area contributed by atoms with E-state index in [1.54, 1.807) is 49.6 Å². The van der Waals surface area contributed by atoms with Gasteiger partial charge in [-0.2, -0.15) is 4.31 Å². The van der Waals surface area contributed by atoms with Crippen molar-refractivity contribution in [2.75, 3.05) is 12.8 Å². The first kappa shape index (κ1) is 27.0. The van der Waals surface area contributed by atoms with Crippen LogP contribution in [0.15, 0.2) is 79.1 Å². The topological polar surface area (TPSA) is 99.7 Å². The maximum absolute atomic E-state index is 13.4. The van der Waals surface area contributed by atoms with Gasteiger partial charge in [-0.25, -0.2) is 12.8 Å². The molecule has 0 saturated carbocycles. The summed E-state index contributed by atoms with van der Waals surface area (Å²) in [5.41, 5.74) is 2.12. The van der Waals surface area contributed by atoms with Crippen molar-refractivity contribution in [3.05, 3.63) is 102 Å². The fraction of sp³-hybridized carbons (Fsp3) is 0.269. The van der Waals surface area contributed by atoms with E-state index in [0.717, 1.165) is 21.7 Å². The summed E-state index contributed by atoms with van der Waals surface area (Å²) in [5.74, 6) is -1.39. The Morgan fingerprint density at radius 3 is 2.19 bits per heavy atom. The molecule has 0 saturated heterocycles. The summed E-state index contributed by atoms with van der Waals surface area (Å²) in [4.78, 5) is 31.7. The van der Waals surface area contributed by atoms with Crippen LogP contribution >= 0.6 is 0 Å². The Balaban J connectivity index is 1.80. The minimum Gasteiger partial charge on any atom is -0.350 e. The molecule has 0 fully saturated rings. The average molecular weight is 513 g/mol. The molecule has 1 N–H and O–H groups in total. The van der Waals surface area contributed by atoms with Crippen LogP contribution in [0.4, 0.5) is 4.39 Å². The van der Waals surface area contributed by atoms with Crippen LogP contribution in [0.5, 0.6) is 0 Å². The van der Waals surface area contributed by atoms with Gasteiger partial charge in [0.2, 0.25) is 21.8 Å². The van der Waals surface area contributed by atoms with E-state index in [-0.39, 0.29) is 19.6 Å². The predicted octanol–water partition coefficient (Wildman–Crippen LogP) is 2.72. The molecule has 3 aromatic rings. The third kappa shape index (κ3) is 7.96. The van der Waals surface area contributed by atoms with Crippen LogP contribution in [0.1, 0.15) is 23.6 Å². The summed E-state index contributed by atoms with van der Waals surface area (Å²) in [5, 5.41) is 2.79. The van der Waals surface area contributed by atoms with Gasteiger partial charge in [-0.15, -0.1) is 0 Å². The molecule has 2 amide bonds. The molecule has 3 rings (SSSR count). The summed E-state index contributed by atoms with van der Waals surface area (Å²) in [6, 6.07) is 17.2. The largest absolute Gasteiger partial charge is 0.350 e. The highest BCUT2D eigenvalue weighted by atomic mass is 32.2. The molecule has 1 atom stereocenters. The molecule has 0 unspecified atom stereocenters. The number of hydrogen-bond donors (Lipinski definition) is 1. The lowest BCUT2D eigenvalue weighted by molar-refractivity contribution is -0.140. The second-order valence-corrected chi connectivity index (χ2v) is 10.4. The lowest BCUT2D eigenvalue weighted by atomic mass is 10.1. The number of aromatic nitrogens is 1. The number of hydrogen-bond acceptors (Lipinski definition) is 5. The highest BCUT2D eigenvalue weighted by molar-refractivity contribution is 7.88. The van der Waals surface area contributed by atoms with Gasteiger partial charge in [0.25, 0.3) is 0 Å². The molecule has 0 spiro atoms. The summed E-state index contributed by atoms with van der Waals surface area (Å²) >= 11 is 0. The van der Waals surface area contributed by atoms with Crippen molar-refractivity contribution >= 4 is 21.8 Å². The van der Waals surface area contributed by atoms with E-state index in [9.17, 15) is 22.4 Å². The lowest BCUT2D eigenvalue weighted by Crippen LogP contribution is -2.50. The lowest BCUT2D eigenvalue weighted by Gasteiger charge is -2.31. The van der Waals surface area contributed by atoms with Gasteiger partial charge in [-0.3, -0.25) is 14.6 Å². The van der Waals surface area contributed by atoms with Gasteiger partial charge in [0.05, 0.1) is 12.8 Å². The molecular formula is C26H29FN4O4S. The zero-order chi connectivity index (χ0) is 26.1. The molecule has 0 aliphatic carbocycles. The summed E-state index contributed by atoms with van der Waals surface area (Å²) < 4.78 is 39.5. The number of halogens is 1. The minimum absolute atomic E-state index is 0.00350. The number of nitrogens with one attached hydrogen (secondary N) is 1. The number of sulfonamides is 1. The van der Waals surface area contributed by atoms with Crippen LogP contribution in [-0.2, 0) is 39.2 Å². The smallest absolute Gasteiger partial charge is 0.242 e. The second kappa shape index (κ2) is 12.4. The third-order valence-electron chi connectivity index (χ3n) is 5.61. The van der Waals surface area contributed by atoms with Gasteiger partial charge in [-0.1, -0.05) is 48.5 Å². The number of carbonyl (C=O) groups excluding carboxylic acids is 2. The first-order valence-electron chi connectivity index (χ1n) is 11.3. The molecule has 10 heteroatoms. The maximum Gasteiger partial charge on any atom is 0.242 e. The Labute approximate surface area is 210 Å². The van der Waals surface area contributed by atoms with Crippen LogP contribution in [0.2, 0.25) is 0 Å². The minimum atomic E-state index is -3.73. The number of pyridine rings is 1. The molecule has 0 aliphatic rings. The molecule has 190 valence electrons. The first-order chi connectivity index (χ1) is 17.1. The van der Waals surface area contributed by atoms with Crippen LogP contribution in [0, 0.1) is 5.82 Å². The van der Waals surface area contributed by atoms with Crippen molar-refractivity contribution in [3.8, 4) is 0 Å². The summed E-state index contributed by atoms with van der Waals surface area (Å²) in [7, 11) is -3.73. The van der Waals surface area contributed by atoms with Crippen molar-refractivity contribution in [2.45, 2.75) is 32.6 Å². The van der Waals surface area contributed by atoms with E-state index in [2.05, 4.69) is 10.3 Å². The number of rotatable bonds is 11. The van der Waals surface area contributed by atoms with Crippen molar-refractivity contribution in [1.82, 2.24) is 19.5 Å². The summed E-state index contributed by atoms with van der Waals surface area (Å²) in [6.07, 6.45) is 4.29. The first-order valence-corrected chi connectivity index (χ1v) is 13.2. The van der Waals surface area contributed by atoms with Crippen LogP contribution in [-0.4, -0.2) is 53.3 Å². The van der Waals surface area contributed by atoms with Gasteiger partial charge in [0, 0.05) is 32.0 Å². The van der Waals surface area contributed by atoms with Gasteiger partial charge >= 0.3 is 0 Å². The quantitative estimate of drug-likeness (QED) is 0.426. The van der Waals surface area contributed by atoms with E-state index in [1.165, 1.54) is 29.2 Å². The Morgan fingerprint density at radius 1 is 0.944 bits per heavy atom. The highest BCUT2D eigenvalue weighted by Crippen LogP contribution is 2.14. The molecular weight excluding hydrogens is 483 g/mol. The van der Waals surface area contributed by atoms with E-state index in [0.29, 0.717) is 5.56 Å². The molecule has 0 bridgehead atoms. The fourth-order valence-electron chi connectivity index (χ4n) is 3.53. The maximum atomic E-state index is 13.4. The third-order valence-corrected chi connectivity index (χ3v) is 6.80. The van der Waals surface area contributed by atoms with Crippen molar-refractivity contribution in [3.63, 3.8) is 0 Å². The van der Waals surface area contributed by atoms with Crippen molar-refractivity contribution in [2.24, 2.45) is 0 Å². The highest BCUT2D eigenvalue weighted by Gasteiger charge is 2.29. The number of benzene rings is 2. The van der Waals surface area contributed by atoms with Crippen molar-refractivity contribution < 1.29 is 22.4 Å². The van der Waals surface area contributed by atoms with E-state index >= 15 is 0 Å². The molecule has 1 aromatic heterocycles. The molecule has 1 heterocycles. The Hall–Kier alpha value is -3.63. The van der Waals surface area contributed by atoms with Crippen LogP contribution in [0.25, 0.3) is 0 Å². The molecule has 0 radical (unpaired) electrons. The number of nitrogens with zero attached hydrogens (tertiary/aromatic N) is 3. The number of amides is 2. The van der Waals surface area contributed by atoms with Gasteiger partial charge < -0.3 is 10.2 Å². The zero-order valence-electron chi connectivity index (χ0n) is 20.2. The normalized spacial score (nSPS) is 12.2. The molecule has 36 heavy (non-hydrogen) atoms. The molecule has 0 aliphatic heterocycles. The summed E-state index contributed by atoms with van der Waals surface area (Å²) in [6.45, 7) is 1.36.